The molecule has 0 radical (unpaired) electrons. The molecule has 1 atom stereocenters. The molecule has 0 saturated carbocycles. The third-order valence-electron chi connectivity index (χ3n) is 3.05. The Hall–Kier alpha value is -2.04. The van der Waals surface area contributed by atoms with Crippen LogP contribution in [0.3, 0.4) is 0 Å². The van der Waals surface area contributed by atoms with Crippen molar-refractivity contribution in [1.82, 2.24) is 0 Å². The van der Waals surface area contributed by atoms with Gasteiger partial charge >= 0.3 is 6.16 Å². The van der Waals surface area contributed by atoms with Gasteiger partial charge in [0.2, 0.25) is 6.10 Å². The standard InChI is InChI=1S/C16H21NO4/c1-5-10-17-12-9-7-6-8-11(12)13(14(17)18)20-15(19)21-16(2,3)4/h6-9,13H,5,10H2,1-4H3. The third kappa shape index (κ3) is 3.35. The van der Waals surface area contributed by atoms with E-state index in [2.05, 4.69) is 0 Å². The fourth-order valence-corrected chi connectivity index (χ4v) is 2.29. The number of anilines is 1. The summed E-state index contributed by atoms with van der Waals surface area (Å²) in [6.07, 6.45) is -0.907. The van der Waals surface area contributed by atoms with Crippen molar-refractivity contribution in [1.29, 1.82) is 0 Å². The predicted molar refractivity (Wildman–Crippen MR) is 79.1 cm³/mol. The summed E-state index contributed by atoms with van der Waals surface area (Å²) < 4.78 is 10.4. The molecule has 21 heavy (non-hydrogen) atoms. The minimum absolute atomic E-state index is 0.219. The van der Waals surface area contributed by atoms with Crippen LogP contribution in [0.5, 0.6) is 0 Å². The fraction of sp³-hybridized carbons (Fsp3) is 0.500. The molecular weight excluding hydrogens is 270 g/mol. The van der Waals surface area contributed by atoms with E-state index in [1.54, 1.807) is 31.7 Å². The minimum atomic E-state index is -0.914. The van der Waals surface area contributed by atoms with Gasteiger partial charge in [0.15, 0.2) is 0 Å². The Bertz CT molecular complexity index is 547. The number of ether oxygens (including phenoxy) is 2. The summed E-state index contributed by atoms with van der Waals surface area (Å²) in [7, 11) is 0. The van der Waals surface area contributed by atoms with Crippen molar-refractivity contribution >= 4 is 17.7 Å². The maximum absolute atomic E-state index is 12.4. The van der Waals surface area contributed by atoms with E-state index in [0.29, 0.717) is 12.1 Å². The number of benzene rings is 1. The van der Waals surface area contributed by atoms with Gasteiger partial charge in [-0.3, -0.25) is 4.79 Å². The van der Waals surface area contributed by atoms with Crippen LogP contribution < -0.4 is 4.90 Å². The molecule has 0 N–H and O–H groups in total. The van der Waals surface area contributed by atoms with Crippen molar-refractivity contribution < 1.29 is 19.1 Å². The summed E-state index contributed by atoms with van der Waals surface area (Å²) in [4.78, 5) is 25.9. The first-order chi connectivity index (χ1) is 9.83. The van der Waals surface area contributed by atoms with Crippen molar-refractivity contribution in [2.75, 3.05) is 11.4 Å². The molecule has 1 amide bonds. The summed E-state index contributed by atoms with van der Waals surface area (Å²) in [6, 6.07) is 7.36. The highest BCUT2D eigenvalue weighted by molar-refractivity contribution is 6.04. The van der Waals surface area contributed by atoms with Crippen LogP contribution in [0.1, 0.15) is 45.8 Å². The number of rotatable bonds is 3. The lowest BCUT2D eigenvalue weighted by Gasteiger charge is -2.21. The van der Waals surface area contributed by atoms with E-state index < -0.39 is 17.9 Å². The lowest BCUT2D eigenvalue weighted by molar-refractivity contribution is -0.128. The highest BCUT2D eigenvalue weighted by Gasteiger charge is 2.40. The van der Waals surface area contributed by atoms with Gasteiger partial charge in [0.1, 0.15) is 5.60 Å². The largest absolute Gasteiger partial charge is 0.509 e. The van der Waals surface area contributed by atoms with Crippen LogP contribution in [0, 0.1) is 0 Å². The molecule has 1 heterocycles. The van der Waals surface area contributed by atoms with Crippen LogP contribution in [0.25, 0.3) is 0 Å². The molecule has 0 fully saturated rings. The first-order valence-corrected chi connectivity index (χ1v) is 7.13. The molecule has 0 saturated heterocycles. The summed E-state index contributed by atoms with van der Waals surface area (Å²) in [5.74, 6) is -0.219. The third-order valence-corrected chi connectivity index (χ3v) is 3.05. The zero-order valence-corrected chi connectivity index (χ0v) is 12.9. The maximum atomic E-state index is 12.4. The fourth-order valence-electron chi connectivity index (χ4n) is 2.29. The molecule has 0 aromatic heterocycles. The van der Waals surface area contributed by atoms with Crippen molar-refractivity contribution in [3.63, 3.8) is 0 Å². The molecule has 5 nitrogen and oxygen atoms in total. The highest BCUT2D eigenvalue weighted by atomic mass is 16.7. The molecule has 1 aliphatic heterocycles. The molecule has 0 bridgehead atoms. The van der Waals surface area contributed by atoms with Gasteiger partial charge in [-0.15, -0.1) is 0 Å². The Morgan fingerprint density at radius 3 is 2.57 bits per heavy atom. The second kappa shape index (κ2) is 5.76. The topological polar surface area (TPSA) is 55.8 Å². The summed E-state index contributed by atoms with van der Waals surface area (Å²) in [5.41, 5.74) is 0.862. The predicted octanol–water partition coefficient (Wildman–Crippen LogP) is 3.44. The van der Waals surface area contributed by atoms with Gasteiger partial charge in [-0.2, -0.15) is 0 Å². The molecule has 2 rings (SSSR count). The Kier molecular flexibility index (Phi) is 4.21. The van der Waals surface area contributed by atoms with Gasteiger partial charge in [0, 0.05) is 12.1 Å². The van der Waals surface area contributed by atoms with Crippen LogP contribution in [0.4, 0.5) is 10.5 Å². The normalized spacial score (nSPS) is 17.6. The number of fused-ring (bicyclic) bond motifs is 1. The van der Waals surface area contributed by atoms with Gasteiger partial charge in [0.05, 0.1) is 5.69 Å². The van der Waals surface area contributed by atoms with E-state index in [1.807, 2.05) is 25.1 Å². The van der Waals surface area contributed by atoms with E-state index >= 15 is 0 Å². The number of amides is 1. The Labute approximate surface area is 124 Å². The quantitative estimate of drug-likeness (QED) is 0.800. The summed E-state index contributed by atoms with van der Waals surface area (Å²) in [5, 5.41) is 0. The van der Waals surface area contributed by atoms with Gasteiger partial charge in [-0.05, 0) is 33.3 Å². The molecule has 1 aromatic carbocycles. The molecule has 114 valence electrons. The Morgan fingerprint density at radius 2 is 1.95 bits per heavy atom. The second-order valence-electron chi connectivity index (χ2n) is 6.01. The van der Waals surface area contributed by atoms with E-state index in [9.17, 15) is 9.59 Å². The number of carbonyl (C=O) groups excluding carboxylic acids is 2. The monoisotopic (exact) mass is 291 g/mol. The molecular formula is C16H21NO4. The van der Waals surface area contributed by atoms with Crippen molar-refractivity contribution in [2.24, 2.45) is 0 Å². The zero-order chi connectivity index (χ0) is 15.6. The zero-order valence-electron chi connectivity index (χ0n) is 12.9. The van der Waals surface area contributed by atoms with Gasteiger partial charge in [-0.25, -0.2) is 4.79 Å². The first kappa shape index (κ1) is 15.4. The smallest absolute Gasteiger partial charge is 0.429 e. The molecule has 1 aliphatic rings. The highest BCUT2D eigenvalue weighted by Crippen LogP contribution is 2.38. The molecule has 5 heteroatoms. The van der Waals surface area contributed by atoms with Crippen molar-refractivity contribution in [3.8, 4) is 0 Å². The van der Waals surface area contributed by atoms with Crippen molar-refractivity contribution in [2.45, 2.75) is 45.8 Å². The average Bonchev–Trinajstić information content (AvgIpc) is 2.63. The number of nitrogens with zero attached hydrogens (tertiary/aromatic N) is 1. The van der Waals surface area contributed by atoms with Gasteiger partial charge < -0.3 is 14.4 Å². The summed E-state index contributed by atoms with van der Waals surface area (Å²) in [6.45, 7) is 7.86. The van der Waals surface area contributed by atoms with Gasteiger partial charge in [-0.1, -0.05) is 25.1 Å². The van der Waals surface area contributed by atoms with Crippen LogP contribution in [-0.2, 0) is 14.3 Å². The number of carbonyl (C=O) groups is 2. The second-order valence-corrected chi connectivity index (χ2v) is 6.01. The van der Waals surface area contributed by atoms with E-state index in [-0.39, 0.29) is 5.91 Å². The molecule has 0 aliphatic carbocycles. The first-order valence-electron chi connectivity index (χ1n) is 7.13. The average molecular weight is 291 g/mol. The van der Waals surface area contributed by atoms with E-state index in [0.717, 1.165) is 12.1 Å². The van der Waals surface area contributed by atoms with Gasteiger partial charge in [0.25, 0.3) is 5.91 Å². The molecule has 1 unspecified atom stereocenters. The lowest BCUT2D eigenvalue weighted by atomic mass is 10.1. The Morgan fingerprint density at radius 1 is 1.29 bits per heavy atom. The number of hydrogen-bond acceptors (Lipinski definition) is 4. The number of para-hydroxylation sites is 1. The molecule has 1 aromatic rings. The van der Waals surface area contributed by atoms with E-state index in [4.69, 9.17) is 9.47 Å². The minimum Gasteiger partial charge on any atom is -0.429 e. The van der Waals surface area contributed by atoms with Crippen LogP contribution >= 0.6 is 0 Å². The lowest BCUT2D eigenvalue weighted by Crippen LogP contribution is -2.32. The Balaban J connectivity index is 2.21. The number of hydrogen-bond donors (Lipinski definition) is 0. The maximum Gasteiger partial charge on any atom is 0.509 e. The van der Waals surface area contributed by atoms with Crippen LogP contribution in [0.2, 0.25) is 0 Å². The SMILES string of the molecule is CCCN1C(=O)C(OC(=O)OC(C)(C)C)c2ccccc21. The van der Waals surface area contributed by atoms with Crippen LogP contribution in [0.15, 0.2) is 24.3 Å². The van der Waals surface area contributed by atoms with E-state index in [1.165, 1.54) is 0 Å². The molecule has 0 spiro atoms. The van der Waals surface area contributed by atoms with Crippen molar-refractivity contribution in [3.05, 3.63) is 29.8 Å². The van der Waals surface area contributed by atoms with Crippen LogP contribution in [-0.4, -0.2) is 24.2 Å². The summed E-state index contributed by atoms with van der Waals surface area (Å²) >= 11 is 0.